The molecule has 0 spiro atoms. The summed E-state index contributed by atoms with van der Waals surface area (Å²) in [5.41, 5.74) is 5.37. The molecule has 0 bridgehead atoms. The van der Waals surface area contributed by atoms with E-state index >= 15 is 0 Å². The van der Waals surface area contributed by atoms with Gasteiger partial charge >= 0.3 is 0 Å². The second-order valence-corrected chi connectivity index (χ2v) is 6.69. The second-order valence-electron chi connectivity index (χ2n) is 6.69. The number of pyridine rings is 1. The summed E-state index contributed by atoms with van der Waals surface area (Å²) in [6, 6.07) is 8.18. The van der Waals surface area contributed by atoms with Crippen LogP contribution in [0.1, 0.15) is 11.3 Å². The molecule has 1 aliphatic carbocycles. The molecule has 0 unspecified atom stereocenters. The van der Waals surface area contributed by atoms with Crippen LogP contribution in [0.3, 0.4) is 0 Å². The molecule has 2 aromatic heterocycles. The third-order valence-electron chi connectivity index (χ3n) is 4.68. The first-order valence-electron chi connectivity index (χ1n) is 8.70. The number of aromatic nitrogens is 3. The molecule has 1 aromatic carbocycles. The topological polar surface area (TPSA) is 51.0 Å². The molecule has 0 saturated carbocycles. The Labute approximate surface area is 156 Å². The molecule has 4 rings (SSSR count). The number of hydrogen-bond acceptors (Lipinski definition) is 3. The van der Waals surface area contributed by atoms with Gasteiger partial charge in [0.2, 0.25) is 5.91 Å². The minimum absolute atomic E-state index is 0.0273. The molecule has 1 aliphatic rings. The van der Waals surface area contributed by atoms with Crippen LogP contribution in [-0.2, 0) is 17.8 Å². The SMILES string of the molecule is CN(C)C(=O)Cn1cnc(-c2ccc(F)cc2)c1-c1ccnc2c1C=CC2. The average Bonchev–Trinajstić information content (AvgIpc) is 3.29. The van der Waals surface area contributed by atoms with Crippen molar-refractivity contribution in [1.82, 2.24) is 19.4 Å². The monoisotopic (exact) mass is 362 g/mol. The van der Waals surface area contributed by atoms with E-state index in [1.54, 1.807) is 43.7 Å². The zero-order valence-electron chi connectivity index (χ0n) is 15.2. The number of imidazole rings is 1. The van der Waals surface area contributed by atoms with Gasteiger partial charge < -0.3 is 9.47 Å². The first kappa shape index (κ1) is 17.1. The molecule has 0 radical (unpaired) electrons. The lowest BCUT2D eigenvalue weighted by Crippen LogP contribution is -2.26. The first-order valence-corrected chi connectivity index (χ1v) is 8.70. The van der Waals surface area contributed by atoms with Gasteiger partial charge in [-0.05, 0) is 30.3 Å². The van der Waals surface area contributed by atoms with Gasteiger partial charge in [0.05, 0.1) is 23.4 Å². The van der Waals surface area contributed by atoms with Gasteiger partial charge in [-0.15, -0.1) is 0 Å². The molecular formula is C21H19FN4O. The van der Waals surface area contributed by atoms with Crippen molar-refractivity contribution in [1.29, 1.82) is 0 Å². The summed E-state index contributed by atoms with van der Waals surface area (Å²) in [4.78, 5) is 22.9. The Bertz CT molecular complexity index is 1030. The molecule has 3 aromatic rings. The van der Waals surface area contributed by atoms with Gasteiger partial charge in [-0.2, -0.15) is 0 Å². The first-order chi connectivity index (χ1) is 13.0. The maximum Gasteiger partial charge on any atom is 0.242 e. The number of fused-ring (bicyclic) bond motifs is 1. The summed E-state index contributed by atoms with van der Waals surface area (Å²) in [5.74, 6) is -0.323. The van der Waals surface area contributed by atoms with Gasteiger partial charge in [0.25, 0.3) is 0 Å². The normalized spacial score (nSPS) is 12.3. The zero-order valence-corrected chi connectivity index (χ0v) is 15.2. The van der Waals surface area contributed by atoms with Crippen LogP contribution < -0.4 is 0 Å². The number of benzene rings is 1. The van der Waals surface area contributed by atoms with Gasteiger partial charge in [-0.25, -0.2) is 9.37 Å². The fourth-order valence-corrected chi connectivity index (χ4v) is 3.25. The third-order valence-corrected chi connectivity index (χ3v) is 4.68. The summed E-state index contributed by atoms with van der Waals surface area (Å²) < 4.78 is 15.2. The van der Waals surface area contributed by atoms with Crippen molar-refractivity contribution in [2.24, 2.45) is 0 Å². The third kappa shape index (κ3) is 3.14. The Balaban J connectivity index is 1.90. The molecular weight excluding hydrogens is 343 g/mol. The number of amides is 1. The summed E-state index contributed by atoms with van der Waals surface area (Å²) in [6.07, 6.45) is 8.36. The number of carbonyl (C=O) groups is 1. The minimum Gasteiger partial charge on any atom is -0.347 e. The molecule has 0 atom stereocenters. The standard InChI is InChI=1S/C21H19FN4O/c1-25(2)19(27)12-26-13-24-20(14-6-8-15(22)9-7-14)21(26)17-10-11-23-18-5-3-4-16(17)18/h3-4,6-11,13H,5,12H2,1-2H3. The highest BCUT2D eigenvalue weighted by Crippen LogP contribution is 2.36. The van der Waals surface area contributed by atoms with Crippen LogP contribution in [0.25, 0.3) is 28.6 Å². The second kappa shape index (κ2) is 6.79. The van der Waals surface area contributed by atoms with E-state index in [1.165, 1.54) is 12.1 Å². The lowest BCUT2D eigenvalue weighted by atomic mass is 10.0. The highest BCUT2D eigenvalue weighted by molar-refractivity contribution is 5.86. The van der Waals surface area contributed by atoms with Gasteiger partial charge in [-0.1, -0.05) is 12.2 Å². The lowest BCUT2D eigenvalue weighted by molar-refractivity contribution is -0.129. The van der Waals surface area contributed by atoms with Crippen LogP contribution in [-0.4, -0.2) is 39.4 Å². The van der Waals surface area contributed by atoms with E-state index in [4.69, 9.17) is 0 Å². The van der Waals surface area contributed by atoms with Crippen LogP contribution in [0.5, 0.6) is 0 Å². The van der Waals surface area contributed by atoms with Gasteiger partial charge in [0.1, 0.15) is 12.4 Å². The number of carbonyl (C=O) groups excluding carboxylic acids is 1. The molecule has 5 nitrogen and oxygen atoms in total. The Morgan fingerprint density at radius 3 is 2.70 bits per heavy atom. The summed E-state index contributed by atoms with van der Waals surface area (Å²) in [6.45, 7) is 0.178. The van der Waals surface area contributed by atoms with Crippen molar-refractivity contribution in [3.05, 3.63) is 66.0 Å². The van der Waals surface area contributed by atoms with Crippen LogP contribution in [0, 0.1) is 5.82 Å². The highest BCUT2D eigenvalue weighted by Gasteiger charge is 2.22. The van der Waals surface area contributed by atoms with E-state index in [0.717, 1.165) is 40.2 Å². The van der Waals surface area contributed by atoms with E-state index in [0.29, 0.717) is 0 Å². The Morgan fingerprint density at radius 1 is 1.19 bits per heavy atom. The number of halogens is 1. The van der Waals surface area contributed by atoms with Crippen LogP contribution >= 0.6 is 0 Å². The van der Waals surface area contributed by atoms with E-state index in [-0.39, 0.29) is 18.3 Å². The maximum absolute atomic E-state index is 13.4. The van der Waals surface area contributed by atoms with E-state index < -0.39 is 0 Å². The molecule has 6 heteroatoms. The van der Waals surface area contributed by atoms with Crippen molar-refractivity contribution >= 4 is 12.0 Å². The van der Waals surface area contributed by atoms with Gasteiger partial charge in [0, 0.05) is 43.4 Å². The van der Waals surface area contributed by atoms with Crippen molar-refractivity contribution < 1.29 is 9.18 Å². The van der Waals surface area contributed by atoms with Crippen LogP contribution in [0.4, 0.5) is 4.39 Å². The number of nitrogens with zero attached hydrogens (tertiary/aromatic N) is 4. The van der Waals surface area contributed by atoms with E-state index in [1.807, 2.05) is 10.6 Å². The fraction of sp³-hybridized carbons (Fsp3) is 0.190. The Kier molecular flexibility index (Phi) is 4.32. The summed E-state index contributed by atoms with van der Waals surface area (Å²) >= 11 is 0. The van der Waals surface area contributed by atoms with Gasteiger partial charge in [0.15, 0.2) is 0 Å². The minimum atomic E-state index is -0.296. The average molecular weight is 362 g/mol. The quantitative estimate of drug-likeness (QED) is 0.715. The highest BCUT2D eigenvalue weighted by atomic mass is 19.1. The molecule has 27 heavy (non-hydrogen) atoms. The van der Waals surface area contributed by atoms with Crippen molar-refractivity contribution in [3.63, 3.8) is 0 Å². The van der Waals surface area contributed by atoms with Crippen LogP contribution in [0.15, 0.2) is 48.9 Å². The fourth-order valence-electron chi connectivity index (χ4n) is 3.25. The number of likely N-dealkylation sites (N-methyl/N-ethyl adjacent to an activating group) is 1. The van der Waals surface area contributed by atoms with E-state index in [2.05, 4.69) is 22.1 Å². The molecule has 0 aliphatic heterocycles. The molecule has 2 heterocycles. The smallest absolute Gasteiger partial charge is 0.242 e. The molecule has 136 valence electrons. The largest absolute Gasteiger partial charge is 0.347 e. The van der Waals surface area contributed by atoms with E-state index in [9.17, 15) is 9.18 Å². The molecule has 0 N–H and O–H groups in total. The number of hydrogen-bond donors (Lipinski definition) is 0. The van der Waals surface area contributed by atoms with Gasteiger partial charge in [-0.3, -0.25) is 9.78 Å². The number of rotatable bonds is 4. The molecule has 0 saturated heterocycles. The van der Waals surface area contributed by atoms with Crippen LogP contribution in [0.2, 0.25) is 0 Å². The zero-order chi connectivity index (χ0) is 19.0. The van der Waals surface area contributed by atoms with Crippen molar-refractivity contribution in [2.75, 3.05) is 14.1 Å². The summed E-state index contributed by atoms with van der Waals surface area (Å²) in [5, 5.41) is 0. The predicted octanol–water partition coefficient (Wildman–Crippen LogP) is 3.41. The van der Waals surface area contributed by atoms with Crippen molar-refractivity contribution in [2.45, 2.75) is 13.0 Å². The Morgan fingerprint density at radius 2 is 1.96 bits per heavy atom. The maximum atomic E-state index is 13.4. The Hall–Kier alpha value is -3.28. The predicted molar refractivity (Wildman–Crippen MR) is 102 cm³/mol. The lowest BCUT2D eigenvalue weighted by Gasteiger charge is -2.15. The molecule has 0 fully saturated rings. The van der Waals surface area contributed by atoms with Crippen molar-refractivity contribution in [3.8, 4) is 22.5 Å². The number of allylic oxidation sites excluding steroid dienone is 1. The summed E-state index contributed by atoms with van der Waals surface area (Å²) in [7, 11) is 3.46. The molecule has 1 amide bonds.